The summed E-state index contributed by atoms with van der Waals surface area (Å²) >= 11 is 2.77. The number of fused-ring (bicyclic) bond motifs is 1. The maximum absolute atomic E-state index is 13.3. The number of amides is 1. The van der Waals surface area contributed by atoms with Gasteiger partial charge in [-0.3, -0.25) is 14.2 Å². The van der Waals surface area contributed by atoms with Crippen LogP contribution in [-0.4, -0.2) is 38.7 Å². The Labute approximate surface area is 178 Å². The largest absolute Gasteiger partial charge is 0.339 e. The van der Waals surface area contributed by atoms with Crippen molar-refractivity contribution in [3.05, 3.63) is 51.1 Å². The topological polar surface area (TPSA) is 55.2 Å². The molecule has 4 rings (SSSR count). The van der Waals surface area contributed by atoms with E-state index in [-0.39, 0.29) is 23.3 Å². The molecule has 0 unspecified atom stereocenters. The van der Waals surface area contributed by atoms with Crippen LogP contribution < -0.4 is 5.56 Å². The lowest BCUT2D eigenvalue weighted by molar-refractivity contribution is -0.131. The summed E-state index contributed by atoms with van der Waals surface area (Å²) in [4.78, 5) is 32.9. The van der Waals surface area contributed by atoms with Crippen molar-refractivity contribution >= 4 is 39.2 Å². The van der Waals surface area contributed by atoms with Crippen LogP contribution in [0.1, 0.15) is 37.3 Å². The normalized spacial score (nSPS) is 17.1. The molecule has 1 aromatic carbocycles. The van der Waals surface area contributed by atoms with Crippen LogP contribution in [0.25, 0.3) is 15.9 Å². The first-order valence-electron chi connectivity index (χ1n) is 9.96. The molecule has 1 aliphatic rings. The Morgan fingerprint density at radius 3 is 2.90 bits per heavy atom. The van der Waals surface area contributed by atoms with Crippen LogP contribution in [0.4, 0.5) is 0 Å². The first kappa shape index (κ1) is 20.2. The molecule has 0 bridgehead atoms. The number of likely N-dealkylation sites (tertiary alicyclic amines) is 1. The molecular formula is C22H25N3O2S2. The number of hydrogen-bond acceptors (Lipinski definition) is 5. The number of piperidine rings is 1. The summed E-state index contributed by atoms with van der Waals surface area (Å²) in [5.74, 6) is 0.409. The van der Waals surface area contributed by atoms with Gasteiger partial charge >= 0.3 is 0 Å². The number of thioether (sulfide) groups is 1. The molecule has 2 aromatic heterocycles. The summed E-state index contributed by atoms with van der Waals surface area (Å²) in [6, 6.07) is 8.09. The molecule has 1 fully saturated rings. The van der Waals surface area contributed by atoms with Gasteiger partial charge in [0.1, 0.15) is 4.70 Å². The van der Waals surface area contributed by atoms with Crippen molar-refractivity contribution in [2.24, 2.45) is 0 Å². The fourth-order valence-electron chi connectivity index (χ4n) is 3.86. The molecule has 1 atom stereocenters. The second kappa shape index (κ2) is 8.32. The van der Waals surface area contributed by atoms with Crippen LogP contribution >= 0.6 is 23.1 Å². The van der Waals surface area contributed by atoms with E-state index < -0.39 is 0 Å². The number of benzene rings is 1. The molecule has 1 amide bonds. The van der Waals surface area contributed by atoms with Crippen molar-refractivity contribution in [1.82, 2.24) is 14.5 Å². The molecule has 0 N–H and O–H groups in total. The minimum atomic E-state index is -0.0695. The average Bonchev–Trinajstić information content (AvgIpc) is 3.18. The van der Waals surface area contributed by atoms with Crippen LogP contribution in [0.5, 0.6) is 0 Å². The van der Waals surface area contributed by atoms with Crippen LogP contribution in [0.15, 0.2) is 39.6 Å². The van der Waals surface area contributed by atoms with Gasteiger partial charge in [0.05, 0.1) is 17.0 Å². The summed E-state index contributed by atoms with van der Waals surface area (Å²) < 4.78 is 2.32. The van der Waals surface area contributed by atoms with E-state index in [1.54, 1.807) is 4.57 Å². The molecule has 0 saturated carbocycles. The van der Waals surface area contributed by atoms with Gasteiger partial charge in [-0.2, -0.15) is 0 Å². The Bertz CT molecular complexity index is 1120. The molecule has 1 saturated heterocycles. The van der Waals surface area contributed by atoms with E-state index in [1.807, 2.05) is 48.4 Å². The highest BCUT2D eigenvalue weighted by atomic mass is 32.2. The zero-order chi connectivity index (χ0) is 20.5. The van der Waals surface area contributed by atoms with Crippen molar-refractivity contribution in [3.63, 3.8) is 0 Å². The third kappa shape index (κ3) is 3.85. The Balaban J connectivity index is 1.72. The zero-order valence-electron chi connectivity index (χ0n) is 17.0. The summed E-state index contributed by atoms with van der Waals surface area (Å²) in [6.45, 7) is 6.99. The summed E-state index contributed by atoms with van der Waals surface area (Å²) in [5, 5.41) is 2.47. The number of nitrogens with zero attached hydrogens (tertiary/aromatic N) is 3. The van der Waals surface area contributed by atoms with Gasteiger partial charge in [-0.05, 0) is 68.7 Å². The zero-order valence-corrected chi connectivity index (χ0v) is 18.6. The molecule has 0 radical (unpaired) electrons. The van der Waals surface area contributed by atoms with Crippen molar-refractivity contribution in [3.8, 4) is 5.69 Å². The first-order valence-corrected chi connectivity index (χ1v) is 11.8. The summed E-state index contributed by atoms with van der Waals surface area (Å²) in [5.41, 5.74) is 3.63. The van der Waals surface area contributed by atoms with E-state index in [0.29, 0.717) is 15.4 Å². The number of aryl methyl sites for hydroxylation is 1. The van der Waals surface area contributed by atoms with E-state index in [4.69, 9.17) is 4.98 Å². The quantitative estimate of drug-likeness (QED) is 0.453. The fraction of sp³-hybridized carbons (Fsp3) is 0.409. The smallest absolute Gasteiger partial charge is 0.276 e. The molecule has 0 aliphatic carbocycles. The van der Waals surface area contributed by atoms with Crippen molar-refractivity contribution in [2.45, 2.75) is 51.2 Å². The summed E-state index contributed by atoms with van der Waals surface area (Å²) in [7, 11) is 0. The highest BCUT2D eigenvalue weighted by molar-refractivity contribution is 7.99. The molecule has 0 spiro atoms. The maximum Gasteiger partial charge on any atom is 0.276 e. The number of carbonyl (C=O) groups is 1. The van der Waals surface area contributed by atoms with Gasteiger partial charge in [0.25, 0.3) is 5.56 Å². The van der Waals surface area contributed by atoms with Gasteiger partial charge in [-0.1, -0.05) is 23.9 Å². The Morgan fingerprint density at radius 2 is 2.10 bits per heavy atom. The van der Waals surface area contributed by atoms with Crippen LogP contribution in [0, 0.1) is 13.8 Å². The molecule has 1 aliphatic heterocycles. The average molecular weight is 428 g/mol. The summed E-state index contributed by atoms with van der Waals surface area (Å²) in [6.07, 6.45) is 3.30. The molecule has 3 aromatic rings. The van der Waals surface area contributed by atoms with E-state index in [2.05, 4.69) is 6.92 Å². The standard InChI is InChI=1S/C22H25N3O2S2/c1-14-7-6-9-18(16(14)3)25-21(27)20-17(10-12-28-20)23-22(25)29-13-19(26)24-11-5-4-8-15(24)2/h6-7,9-10,12,15H,4-5,8,11,13H2,1-3H3/t15-/m0/s1. The van der Waals surface area contributed by atoms with Crippen LogP contribution in [0.2, 0.25) is 0 Å². The third-order valence-corrected chi connectivity index (χ3v) is 7.53. The van der Waals surface area contributed by atoms with Crippen LogP contribution in [0.3, 0.4) is 0 Å². The second-order valence-electron chi connectivity index (χ2n) is 7.61. The maximum atomic E-state index is 13.3. The Kier molecular flexibility index (Phi) is 5.79. The Hall–Kier alpha value is -2.12. The van der Waals surface area contributed by atoms with Gasteiger partial charge in [0.15, 0.2) is 5.16 Å². The van der Waals surface area contributed by atoms with E-state index in [1.165, 1.54) is 29.5 Å². The molecular weight excluding hydrogens is 402 g/mol. The van der Waals surface area contributed by atoms with Gasteiger partial charge < -0.3 is 4.90 Å². The van der Waals surface area contributed by atoms with Crippen molar-refractivity contribution in [2.75, 3.05) is 12.3 Å². The molecule has 29 heavy (non-hydrogen) atoms. The van der Waals surface area contributed by atoms with Crippen molar-refractivity contribution in [1.29, 1.82) is 0 Å². The van der Waals surface area contributed by atoms with E-state index >= 15 is 0 Å². The molecule has 152 valence electrons. The monoisotopic (exact) mass is 427 g/mol. The minimum absolute atomic E-state index is 0.0695. The molecule has 7 heteroatoms. The Morgan fingerprint density at radius 1 is 1.28 bits per heavy atom. The lowest BCUT2D eigenvalue weighted by Gasteiger charge is -2.33. The lowest BCUT2D eigenvalue weighted by atomic mass is 10.0. The number of aromatic nitrogens is 2. The van der Waals surface area contributed by atoms with E-state index in [0.717, 1.165) is 36.2 Å². The molecule has 3 heterocycles. The second-order valence-corrected chi connectivity index (χ2v) is 9.47. The minimum Gasteiger partial charge on any atom is -0.339 e. The number of thiophene rings is 1. The van der Waals surface area contributed by atoms with E-state index in [9.17, 15) is 9.59 Å². The molecule has 5 nitrogen and oxygen atoms in total. The fourth-order valence-corrected chi connectivity index (χ4v) is 5.51. The van der Waals surface area contributed by atoms with Gasteiger partial charge in [0, 0.05) is 12.6 Å². The van der Waals surface area contributed by atoms with Gasteiger partial charge in [0.2, 0.25) is 5.91 Å². The number of carbonyl (C=O) groups excluding carboxylic acids is 1. The SMILES string of the molecule is Cc1cccc(-n2c(SCC(=O)N3CCCC[C@@H]3C)nc3ccsc3c2=O)c1C. The predicted molar refractivity (Wildman–Crippen MR) is 120 cm³/mol. The third-order valence-electron chi connectivity index (χ3n) is 5.71. The highest BCUT2D eigenvalue weighted by Gasteiger charge is 2.24. The van der Waals surface area contributed by atoms with Gasteiger partial charge in [-0.15, -0.1) is 11.3 Å². The van der Waals surface area contributed by atoms with Crippen LogP contribution in [-0.2, 0) is 4.79 Å². The van der Waals surface area contributed by atoms with Gasteiger partial charge in [-0.25, -0.2) is 4.98 Å². The predicted octanol–water partition coefficient (Wildman–Crippen LogP) is 4.56. The number of rotatable bonds is 4. The van der Waals surface area contributed by atoms with Crippen molar-refractivity contribution < 1.29 is 4.79 Å². The lowest BCUT2D eigenvalue weighted by Crippen LogP contribution is -2.43. The first-order chi connectivity index (χ1) is 14.0. The number of hydrogen-bond donors (Lipinski definition) is 0. The highest BCUT2D eigenvalue weighted by Crippen LogP contribution is 2.27.